The monoisotopic (exact) mass is 352 g/mol. The predicted molar refractivity (Wildman–Crippen MR) is 98.1 cm³/mol. The summed E-state index contributed by atoms with van der Waals surface area (Å²) in [6.45, 7) is 3.46. The molecule has 1 aliphatic heterocycles. The van der Waals surface area contributed by atoms with E-state index < -0.39 is 12.0 Å². The summed E-state index contributed by atoms with van der Waals surface area (Å²) in [5.74, 6) is -0.921. The molecule has 0 saturated heterocycles. The van der Waals surface area contributed by atoms with Crippen molar-refractivity contribution in [1.29, 1.82) is 0 Å². The number of para-hydroxylation sites is 1. The summed E-state index contributed by atoms with van der Waals surface area (Å²) in [6, 6.07) is 13.4. The number of ether oxygens (including phenoxy) is 1. The normalized spacial score (nSPS) is 15.3. The molecular weight excluding hydrogens is 332 g/mol. The maximum atomic E-state index is 12.8. The molecule has 1 N–H and O–H groups in total. The molecule has 134 valence electrons. The Bertz CT molecular complexity index is 862. The number of amides is 2. The second kappa shape index (κ2) is 7.39. The topological polar surface area (TPSA) is 75.7 Å². The van der Waals surface area contributed by atoms with E-state index in [0.29, 0.717) is 17.7 Å². The van der Waals surface area contributed by atoms with Gasteiger partial charge in [-0.3, -0.25) is 14.5 Å². The van der Waals surface area contributed by atoms with Crippen LogP contribution < -0.4 is 10.2 Å². The van der Waals surface area contributed by atoms with E-state index in [1.54, 1.807) is 31.2 Å². The van der Waals surface area contributed by atoms with Gasteiger partial charge in [0.2, 0.25) is 11.8 Å². The first-order valence-electron chi connectivity index (χ1n) is 8.47. The van der Waals surface area contributed by atoms with Crippen molar-refractivity contribution >= 4 is 29.2 Å². The Morgan fingerprint density at radius 1 is 1.15 bits per heavy atom. The standard InChI is InChI=1S/C20H20N2O4/c1-3-26-20(25)15-8-6-9-16(11-15)21-19(24)18-12-14-7-4-5-10-17(14)22(18)13(2)23/h4-11,18H,3,12H2,1-2H3,(H,21,24)/t18-/m1/s1. The van der Waals surface area contributed by atoms with E-state index in [0.717, 1.165) is 11.3 Å². The van der Waals surface area contributed by atoms with Crippen LogP contribution in [0.5, 0.6) is 0 Å². The molecule has 0 fully saturated rings. The number of fused-ring (bicyclic) bond motifs is 1. The van der Waals surface area contributed by atoms with Crippen molar-refractivity contribution in [3.63, 3.8) is 0 Å². The molecule has 6 heteroatoms. The van der Waals surface area contributed by atoms with Gasteiger partial charge in [0.05, 0.1) is 12.2 Å². The van der Waals surface area contributed by atoms with Gasteiger partial charge in [-0.15, -0.1) is 0 Å². The molecule has 1 aliphatic rings. The van der Waals surface area contributed by atoms with Crippen molar-refractivity contribution in [2.45, 2.75) is 26.3 Å². The van der Waals surface area contributed by atoms with Crippen LogP contribution in [0.4, 0.5) is 11.4 Å². The smallest absolute Gasteiger partial charge is 0.338 e. The fourth-order valence-electron chi connectivity index (χ4n) is 3.15. The first-order chi connectivity index (χ1) is 12.5. The Balaban J connectivity index is 1.79. The zero-order chi connectivity index (χ0) is 18.7. The summed E-state index contributed by atoms with van der Waals surface area (Å²) < 4.78 is 4.97. The largest absolute Gasteiger partial charge is 0.462 e. The minimum atomic E-state index is -0.615. The Morgan fingerprint density at radius 2 is 1.92 bits per heavy atom. The Kier molecular flexibility index (Phi) is 5.02. The molecule has 6 nitrogen and oxygen atoms in total. The highest BCUT2D eigenvalue weighted by molar-refractivity contribution is 6.06. The third-order valence-corrected chi connectivity index (χ3v) is 4.26. The second-order valence-electron chi connectivity index (χ2n) is 6.03. The van der Waals surface area contributed by atoms with E-state index in [1.165, 1.54) is 11.8 Å². The van der Waals surface area contributed by atoms with E-state index in [2.05, 4.69) is 5.32 Å². The average molecular weight is 352 g/mol. The molecule has 0 aliphatic carbocycles. The van der Waals surface area contributed by atoms with Crippen molar-refractivity contribution in [3.05, 3.63) is 59.7 Å². The van der Waals surface area contributed by atoms with Crippen LogP contribution in [-0.4, -0.2) is 30.4 Å². The van der Waals surface area contributed by atoms with Crippen LogP contribution in [0.25, 0.3) is 0 Å². The molecule has 2 aromatic carbocycles. The van der Waals surface area contributed by atoms with Gasteiger partial charge in [-0.05, 0) is 36.8 Å². The van der Waals surface area contributed by atoms with Gasteiger partial charge in [0.25, 0.3) is 0 Å². The molecule has 2 aromatic rings. The number of rotatable bonds is 4. The number of nitrogens with one attached hydrogen (secondary N) is 1. The number of anilines is 2. The van der Waals surface area contributed by atoms with Crippen molar-refractivity contribution < 1.29 is 19.1 Å². The van der Waals surface area contributed by atoms with Crippen LogP contribution in [0.15, 0.2) is 48.5 Å². The van der Waals surface area contributed by atoms with Gasteiger partial charge in [0.1, 0.15) is 6.04 Å². The van der Waals surface area contributed by atoms with Gasteiger partial charge in [0.15, 0.2) is 0 Å². The van der Waals surface area contributed by atoms with Crippen LogP contribution >= 0.6 is 0 Å². The van der Waals surface area contributed by atoms with E-state index in [1.807, 2.05) is 24.3 Å². The summed E-state index contributed by atoms with van der Waals surface area (Å²) in [5, 5.41) is 2.80. The molecule has 1 heterocycles. The summed E-state index contributed by atoms with van der Waals surface area (Å²) in [6.07, 6.45) is 0.457. The van der Waals surface area contributed by atoms with Crippen LogP contribution in [0.3, 0.4) is 0 Å². The molecule has 2 amide bonds. The lowest BCUT2D eigenvalue weighted by atomic mass is 10.1. The van der Waals surface area contributed by atoms with Crippen LogP contribution in [-0.2, 0) is 20.7 Å². The number of benzene rings is 2. The molecule has 1 atom stereocenters. The van der Waals surface area contributed by atoms with Gasteiger partial charge in [-0.25, -0.2) is 4.79 Å². The lowest BCUT2D eigenvalue weighted by Crippen LogP contribution is -2.44. The number of esters is 1. The molecule has 0 unspecified atom stereocenters. The molecule has 0 spiro atoms. The fourth-order valence-corrected chi connectivity index (χ4v) is 3.15. The average Bonchev–Trinajstić information content (AvgIpc) is 3.02. The summed E-state index contributed by atoms with van der Waals surface area (Å²) in [4.78, 5) is 38.2. The van der Waals surface area contributed by atoms with Gasteiger partial charge < -0.3 is 10.1 Å². The maximum Gasteiger partial charge on any atom is 0.338 e. The molecule has 0 aromatic heterocycles. The Labute approximate surface area is 151 Å². The number of carbonyl (C=O) groups is 3. The minimum Gasteiger partial charge on any atom is -0.462 e. The first kappa shape index (κ1) is 17.7. The highest BCUT2D eigenvalue weighted by Crippen LogP contribution is 2.32. The van der Waals surface area contributed by atoms with E-state index in [-0.39, 0.29) is 18.4 Å². The summed E-state index contributed by atoms with van der Waals surface area (Å²) in [5.41, 5.74) is 2.58. The zero-order valence-corrected chi connectivity index (χ0v) is 14.7. The van der Waals surface area contributed by atoms with E-state index >= 15 is 0 Å². The summed E-state index contributed by atoms with van der Waals surface area (Å²) >= 11 is 0. The lowest BCUT2D eigenvalue weighted by molar-refractivity contribution is -0.122. The highest BCUT2D eigenvalue weighted by Gasteiger charge is 2.36. The molecule has 3 rings (SSSR count). The maximum absolute atomic E-state index is 12.8. The van der Waals surface area contributed by atoms with Crippen molar-refractivity contribution in [3.8, 4) is 0 Å². The number of hydrogen-bond donors (Lipinski definition) is 1. The van der Waals surface area contributed by atoms with E-state index in [4.69, 9.17) is 4.74 Å². The Morgan fingerprint density at radius 3 is 2.65 bits per heavy atom. The van der Waals surface area contributed by atoms with Crippen molar-refractivity contribution in [1.82, 2.24) is 0 Å². The zero-order valence-electron chi connectivity index (χ0n) is 14.7. The van der Waals surface area contributed by atoms with Crippen LogP contribution in [0, 0.1) is 0 Å². The summed E-state index contributed by atoms with van der Waals surface area (Å²) in [7, 11) is 0. The van der Waals surface area contributed by atoms with Gasteiger partial charge in [-0.2, -0.15) is 0 Å². The van der Waals surface area contributed by atoms with Gasteiger partial charge in [-0.1, -0.05) is 24.3 Å². The lowest BCUT2D eigenvalue weighted by Gasteiger charge is -2.23. The second-order valence-corrected chi connectivity index (χ2v) is 6.03. The third kappa shape index (κ3) is 3.44. The van der Waals surface area contributed by atoms with Crippen molar-refractivity contribution in [2.75, 3.05) is 16.8 Å². The number of hydrogen-bond acceptors (Lipinski definition) is 4. The molecule has 0 radical (unpaired) electrons. The number of nitrogens with zero attached hydrogens (tertiary/aromatic N) is 1. The molecule has 0 bridgehead atoms. The minimum absolute atomic E-state index is 0.185. The van der Waals surface area contributed by atoms with Crippen molar-refractivity contribution in [2.24, 2.45) is 0 Å². The van der Waals surface area contributed by atoms with Gasteiger partial charge in [0, 0.05) is 24.7 Å². The molecule has 26 heavy (non-hydrogen) atoms. The molecular formula is C20H20N2O4. The molecule has 0 saturated carbocycles. The quantitative estimate of drug-likeness (QED) is 0.859. The predicted octanol–water partition coefficient (Wildman–Crippen LogP) is 2.78. The third-order valence-electron chi connectivity index (χ3n) is 4.26. The fraction of sp³-hybridized carbons (Fsp3) is 0.250. The van der Waals surface area contributed by atoms with Crippen LogP contribution in [0.1, 0.15) is 29.8 Å². The van der Waals surface area contributed by atoms with Crippen LogP contribution in [0.2, 0.25) is 0 Å². The number of carbonyl (C=O) groups excluding carboxylic acids is 3. The van der Waals surface area contributed by atoms with Gasteiger partial charge >= 0.3 is 5.97 Å². The van der Waals surface area contributed by atoms with E-state index in [9.17, 15) is 14.4 Å². The Hall–Kier alpha value is -3.15. The highest BCUT2D eigenvalue weighted by atomic mass is 16.5. The first-order valence-corrected chi connectivity index (χ1v) is 8.47. The SMILES string of the molecule is CCOC(=O)c1cccc(NC(=O)[C@H]2Cc3ccccc3N2C(C)=O)c1.